The Morgan fingerprint density at radius 2 is 1.61 bits per heavy atom. The molecule has 0 fully saturated rings. The number of benzene rings is 2. The Kier molecular flexibility index (Phi) is 5.89. The quantitative estimate of drug-likeness (QED) is 0.730. The number of rotatable bonds is 4. The van der Waals surface area contributed by atoms with Crippen molar-refractivity contribution >= 4 is 33.5 Å². The second kappa shape index (κ2) is 8.03. The van der Waals surface area contributed by atoms with Crippen LogP contribution in [0.4, 0.5) is 0 Å². The zero-order chi connectivity index (χ0) is 20.5. The van der Waals surface area contributed by atoms with Crippen LogP contribution in [0.3, 0.4) is 0 Å². The highest BCUT2D eigenvalue weighted by Gasteiger charge is 2.32. The molecule has 2 aromatic rings. The van der Waals surface area contributed by atoms with Gasteiger partial charge in [0.15, 0.2) is 5.78 Å². The monoisotopic (exact) mass is 415 g/mol. The number of halogens is 1. The molecule has 28 heavy (non-hydrogen) atoms. The Morgan fingerprint density at radius 3 is 2.18 bits per heavy atom. The van der Waals surface area contributed by atoms with E-state index in [1.165, 1.54) is 11.2 Å². The van der Waals surface area contributed by atoms with E-state index >= 15 is 0 Å². The van der Waals surface area contributed by atoms with Gasteiger partial charge in [-0.25, -0.2) is 8.42 Å². The van der Waals surface area contributed by atoms with Crippen molar-refractivity contribution in [1.29, 1.82) is 0 Å². The van der Waals surface area contributed by atoms with Gasteiger partial charge in [-0.2, -0.15) is 4.31 Å². The van der Waals surface area contributed by atoms with Crippen LogP contribution in [-0.2, 0) is 14.8 Å². The summed E-state index contributed by atoms with van der Waals surface area (Å²) in [5, 5.41) is 0.631. The first kappa shape index (κ1) is 20.5. The Balaban J connectivity index is 2.04. The van der Waals surface area contributed by atoms with Crippen LogP contribution in [0.15, 0.2) is 70.1 Å². The lowest BCUT2D eigenvalue weighted by atomic mass is 9.94. The van der Waals surface area contributed by atoms with Gasteiger partial charge < -0.3 is 0 Å². The fourth-order valence-corrected chi connectivity index (χ4v) is 4.68. The van der Waals surface area contributed by atoms with Crippen LogP contribution in [-0.4, -0.2) is 31.6 Å². The third kappa shape index (κ3) is 4.27. The van der Waals surface area contributed by atoms with E-state index in [4.69, 9.17) is 11.6 Å². The summed E-state index contributed by atoms with van der Waals surface area (Å²) in [6, 6.07) is 14.0. The van der Waals surface area contributed by atoms with Crippen molar-refractivity contribution in [3.8, 4) is 0 Å². The first-order chi connectivity index (χ1) is 13.2. The molecule has 0 saturated heterocycles. The molecule has 2 aromatic carbocycles. The largest absolute Gasteiger partial charge is 0.295 e. The molecule has 1 aliphatic heterocycles. The van der Waals surface area contributed by atoms with Gasteiger partial charge in [-0.05, 0) is 61.7 Å². The lowest BCUT2D eigenvalue weighted by molar-refractivity contribution is -0.113. The number of carbonyl (C=O) groups excluding carboxylic acids is 1. The minimum absolute atomic E-state index is 0.0787. The molecule has 6 heteroatoms. The van der Waals surface area contributed by atoms with Crippen LogP contribution < -0.4 is 0 Å². The van der Waals surface area contributed by atoms with Gasteiger partial charge in [0.05, 0.1) is 4.90 Å². The number of aryl methyl sites for hydroxylation is 1. The van der Waals surface area contributed by atoms with Crippen LogP contribution in [0.2, 0.25) is 5.02 Å². The fraction of sp³-hybridized carbons (Fsp3) is 0.227. The maximum Gasteiger partial charge on any atom is 0.243 e. The highest BCUT2D eigenvalue weighted by Crippen LogP contribution is 2.29. The SMILES string of the molecule is CC(=O)C1=C(C)/C(=C/c2ccc(Cl)cc2)CN(S(=O)(=O)c2ccc(C)cc2)C1. The van der Waals surface area contributed by atoms with Crippen molar-refractivity contribution in [2.75, 3.05) is 13.1 Å². The highest BCUT2D eigenvalue weighted by atomic mass is 35.5. The maximum absolute atomic E-state index is 13.2. The van der Waals surface area contributed by atoms with Gasteiger partial charge in [-0.1, -0.05) is 47.5 Å². The summed E-state index contributed by atoms with van der Waals surface area (Å²) in [5.74, 6) is -0.122. The van der Waals surface area contributed by atoms with E-state index in [0.717, 1.165) is 22.3 Å². The molecule has 0 N–H and O–H groups in total. The van der Waals surface area contributed by atoms with E-state index in [-0.39, 0.29) is 23.8 Å². The van der Waals surface area contributed by atoms with Gasteiger partial charge in [0.1, 0.15) is 0 Å². The third-order valence-electron chi connectivity index (χ3n) is 4.91. The number of hydrogen-bond donors (Lipinski definition) is 0. The van der Waals surface area contributed by atoms with Crippen LogP contribution in [0.25, 0.3) is 6.08 Å². The summed E-state index contributed by atoms with van der Waals surface area (Å²) in [6.07, 6.45) is 1.91. The first-order valence-corrected chi connectivity index (χ1v) is 10.7. The average Bonchev–Trinajstić information content (AvgIpc) is 2.65. The van der Waals surface area contributed by atoms with E-state index in [2.05, 4.69) is 0 Å². The summed E-state index contributed by atoms with van der Waals surface area (Å²) >= 11 is 5.95. The second-order valence-electron chi connectivity index (χ2n) is 6.97. The molecule has 0 atom stereocenters. The molecule has 0 aliphatic carbocycles. The van der Waals surface area contributed by atoms with Crippen molar-refractivity contribution in [2.45, 2.75) is 25.7 Å². The van der Waals surface area contributed by atoms with Gasteiger partial charge in [0.2, 0.25) is 10.0 Å². The van der Waals surface area contributed by atoms with Gasteiger partial charge in [-0.15, -0.1) is 0 Å². The molecule has 146 valence electrons. The van der Waals surface area contributed by atoms with Gasteiger partial charge in [0.25, 0.3) is 0 Å². The van der Waals surface area contributed by atoms with Crippen LogP contribution in [0, 0.1) is 6.92 Å². The standard InChI is InChI=1S/C22H22ClNO3S/c1-15-4-10-21(11-5-15)28(26,27)24-13-19(16(2)22(14-24)17(3)25)12-18-6-8-20(23)9-7-18/h4-12H,13-14H2,1-3H3/b19-12+. The molecule has 3 rings (SSSR count). The Morgan fingerprint density at radius 1 is 1.00 bits per heavy atom. The third-order valence-corrected chi connectivity index (χ3v) is 6.97. The lowest BCUT2D eigenvalue weighted by Gasteiger charge is -2.30. The Bertz CT molecular complexity index is 1070. The molecule has 0 amide bonds. The van der Waals surface area contributed by atoms with E-state index in [1.54, 1.807) is 36.4 Å². The number of hydrogen-bond acceptors (Lipinski definition) is 3. The van der Waals surface area contributed by atoms with E-state index in [1.807, 2.05) is 32.1 Å². The van der Waals surface area contributed by atoms with Gasteiger partial charge in [0, 0.05) is 23.7 Å². The smallest absolute Gasteiger partial charge is 0.243 e. The van der Waals surface area contributed by atoms with E-state index in [9.17, 15) is 13.2 Å². The molecule has 0 unspecified atom stereocenters. The van der Waals surface area contributed by atoms with Crippen molar-refractivity contribution in [1.82, 2.24) is 4.31 Å². The molecule has 1 aliphatic rings. The van der Waals surface area contributed by atoms with E-state index in [0.29, 0.717) is 10.6 Å². The second-order valence-corrected chi connectivity index (χ2v) is 9.34. The number of carbonyl (C=O) groups is 1. The molecule has 0 bridgehead atoms. The molecule has 4 nitrogen and oxygen atoms in total. The summed E-state index contributed by atoms with van der Waals surface area (Å²) in [6.45, 7) is 5.54. The molecular weight excluding hydrogens is 394 g/mol. The van der Waals surface area contributed by atoms with Crippen molar-refractivity contribution in [3.63, 3.8) is 0 Å². The lowest BCUT2D eigenvalue weighted by Crippen LogP contribution is -2.39. The summed E-state index contributed by atoms with van der Waals surface area (Å²) in [5.41, 5.74) is 4.03. The molecule has 0 aromatic heterocycles. The summed E-state index contributed by atoms with van der Waals surface area (Å²) in [7, 11) is -3.72. The van der Waals surface area contributed by atoms with Crippen LogP contribution >= 0.6 is 11.6 Å². The van der Waals surface area contributed by atoms with Crippen LogP contribution in [0.1, 0.15) is 25.0 Å². The average molecular weight is 416 g/mol. The number of Topliss-reactive ketones (excluding diaryl/α,β-unsaturated/α-hetero) is 1. The minimum atomic E-state index is -3.72. The molecule has 1 heterocycles. The Hall–Kier alpha value is -2.21. The van der Waals surface area contributed by atoms with Gasteiger partial charge in [-0.3, -0.25) is 4.79 Å². The Labute approximate surface area is 171 Å². The van der Waals surface area contributed by atoms with Crippen LogP contribution in [0.5, 0.6) is 0 Å². The number of sulfonamides is 1. The summed E-state index contributed by atoms with van der Waals surface area (Å²) in [4.78, 5) is 12.4. The zero-order valence-electron chi connectivity index (χ0n) is 16.1. The van der Waals surface area contributed by atoms with Crippen molar-refractivity contribution in [3.05, 3.63) is 81.4 Å². The van der Waals surface area contributed by atoms with E-state index < -0.39 is 10.0 Å². The molecule has 0 radical (unpaired) electrons. The molecule has 0 saturated carbocycles. The highest BCUT2D eigenvalue weighted by molar-refractivity contribution is 7.89. The predicted octanol–water partition coefficient (Wildman–Crippen LogP) is 4.64. The molecule has 0 spiro atoms. The zero-order valence-corrected chi connectivity index (χ0v) is 17.6. The number of ketones is 1. The minimum Gasteiger partial charge on any atom is -0.295 e. The number of nitrogens with zero attached hydrogens (tertiary/aromatic N) is 1. The first-order valence-electron chi connectivity index (χ1n) is 8.92. The van der Waals surface area contributed by atoms with Crippen molar-refractivity contribution < 1.29 is 13.2 Å². The predicted molar refractivity (Wildman–Crippen MR) is 113 cm³/mol. The van der Waals surface area contributed by atoms with Gasteiger partial charge >= 0.3 is 0 Å². The maximum atomic E-state index is 13.2. The van der Waals surface area contributed by atoms with Crippen molar-refractivity contribution in [2.24, 2.45) is 0 Å². The topological polar surface area (TPSA) is 54.5 Å². The molecular formula is C22H22ClNO3S. The normalized spacial score (nSPS) is 17.2. The fourth-order valence-electron chi connectivity index (χ4n) is 3.17. The summed E-state index contributed by atoms with van der Waals surface area (Å²) < 4.78 is 27.7.